The number of rotatable bonds is 10. The third-order valence-corrected chi connectivity index (χ3v) is 6.74. The topological polar surface area (TPSA) is 114 Å². The number of halogens is 1. The lowest BCUT2D eigenvalue weighted by Crippen LogP contribution is -2.41. The van der Waals surface area contributed by atoms with Crippen LogP contribution in [0.4, 0.5) is 10.5 Å². The molecule has 3 N–H and O–H groups in total. The summed E-state index contributed by atoms with van der Waals surface area (Å²) in [7, 11) is -2.65. The summed E-state index contributed by atoms with van der Waals surface area (Å²) in [6.45, 7) is 4.13. The molecule has 2 aromatic carbocycles. The molecule has 32 heavy (non-hydrogen) atoms. The quantitative estimate of drug-likeness (QED) is 0.321. The number of ether oxygens (including phenoxy) is 1. The Kier molecular flexibility index (Phi) is 9.67. The van der Waals surface area contributed by atoms with Crippen LogP contribution in [-0.4, -0.2) is 40.1 Å². The zero-order chi connectivity index (χ0) is 23.7. The van der Waals surface area contributed by atoms with Crippen LogP contribution in [0.1, 0.15) is 30.4 Å². The van der Waals surface area contributed by atoms with Crippen LogP contribution in [-0.2, 0) is 19.6 Å². The molecule has 1 atom stereocenters. The summed E-state index contributed by atoms with van der Waals surface area (Å²) in [5.41, 5.74) is 2.57. The normalized spacial score (nSPS) is 12.1. The Morgan fingerprint density at radius 1 is 1.06 bits per heavy atom. The highest BCUT2D eigenvalue weighted by atomic mass is 79.9. The molecule has 0 aromatic heterocycles. The van der Waals surface area contributed by atoms with E-state index >= 15 is 0 Å². The number of hydrogen-bond donors (Lipinski definition) is 3. The van der Waals surface area contributed by atoms with Crippen LogP contribution < -0.4 is 15.4 Å². The SMILES string of the molecule is COC(=O)C(CCCCNC(=O)Nc1ccc(Br)cc1C)NS(=O)(=O)c1ccc(C)cc1. The third-order valence-electron chi connectivity index (χ3n) is 4.76. The summed E-state index contributed by atoms with van der Waals surface area (Å²) in [5.74, 6) is -0.655. The van der Waals surface area contributed by atoms with Crippen molar-refractivity contribution in [1.29, 1.82) is 0 Å². The fourth-order valence-corrected chi connectivity index (χ4v) is 4.64. The lowest BCUT2D eigenvalue weighted by molar-refractivity contribution is -0.142. The fraction of sp³-hybridized carbons (Fsp3) is 0.364. The summed E-state index contributed by atoms with van der Waals surface area (Å²) in [4.78, 5) is 24.2. The number of carbonyl (C=O) groups excluding carboxylic acids is 2. The van der Waals surface area contributed by atoms with E-state index in [0.717, 1.165) is 15.6 Å². The van der Waals surface area contributed by atoms with E-state index in [1.807, 2.05) is 26.0 Å². The Balaban J connectivity index is 1.83. The van der Waals surface area contributed by atoms with Gasteiger partial charge in [0.2, 0.25) is 10.0 Å². The van der Waals surface area contributed by atoms with Crippen molar-refractivity contribution in [2.45, 2.75) is 44.0 Å². The van der Waals surface area contributed by atoms with Gasteiger partial charge in [0.25, 0.3) is 0 Å². The van der Waals surface area contributed by atoms with Crippen LogP contribution in [0.2, 0.25) is 0 Å². The molecule has 0 fully saturated rings. The van der Waals surface area contributed by atoms with Gasteiger partial charge in [0.1, 0.15) is 6.04 Å². The van der Waals surface area contributed by atoms with Crippen LogP contribution in [0.25, 0.3) is 0 Å². The second kappa shape index (κ2) is 12.0. The molecule has 0 aliphatic carbocycles. The van der Waals surface area contributed by atoms with Gasteiger partial charge in [0.15, 0.2) is 0 Å². The Hall–Kier alpha value is -2.43. The van der Waals surface area contributed by atoms with Crippen molar-refractivity contribution >= 4 is 43.6 Å². The van der Waals surface area contributed by atoms with Crippen molar-refractivity contribution in [1.82, 2.24) is 10.0 Å². The van der Waals surface area contributed by atoms with Gasteiger partial charge in [-0.05, 0) is 69.0 Å². The molecular formula is C22H28BrN3O5S. The second-order valence-corrected chi connectivity index (χ2v) is 9.98. The van der Waals surface area contributed by atoms with Gasteiger partial charge in [-0.2, -0.15) is 4.72 Å². The van der Waals surface area contributed by atoms with Crippen LogP contribution in [0.3, 0.4) is 0 Å². The molecule has 1 unspecified atom stereocenters. The minimum Gasteiger partial charge on any atom is -0.468 e. The van der Waals surface area contributed by atoms with Gasteiger partial charge < -0.3 is 15.4 Å². The van der Waals surface area contributed by atoms with Crippen LogP contribution in [0, 0.1) is 13.8 Å². The molecule has 0 bridgehead atoms. The highest BCUT2D eigenvalue weighted by molar-refractivity contribution is 9.10. The maximum atomic E-state index is 12.6. The number of hydrogen-bond acceptors (Lipinski definition) is 5. The monoisotopic (exact) mass is 525 g/mol. The van der Waals surface area contributed by atoms with Gasteiger partial charge in [-0.15, -0.1) is 0 Å². The molecule has 0 heterocycles. The third kappa shape index (κ3) is 7.92. The first-order valence-corrected chi connectivity index (χ1v) is 12.4. The lowest BCUT2D eigenvalue weighted by Gasteiger charge is -2.17. The van der Waals surface area contributed by atoms with Crippen molar-refractivity contribution < 1.29 is 22.7 Å². The number of methoxy groups -OCH3 is 1. The summed E-state index contributed by atoms with van der Waals surface area (Å²) in [6, 6.07) is 10.6. The average molecular weight is 526 g/mol. The van der Waals surface area contributed by atoms with Crippen LogP contribution in [0.15, 0.2) is 51.8 Å². The zero-order valence-corrected chi connectivity index (χ0v) is 20.7. The molecule has 10 heteroatoms. The molecule has 2 aromatic rings. The fourth-order valence-electron chi connectivity index (χ4n) is 2.95. The Labute approximate surface area is 197 Å². The number of nitrogens with one attached hydrogen (secondary N) is 3. The number of anilines is 1. The number of benzene rings is 2. The van der Waals surface area contributed by atoms with E-state index in [9.17, 15) is 18.0 Å². The number of urea groups is 1. The van der Waals surface area contributed by atoms with E-state index in [2.05, 4.69) is 31.3 Å². The number of carbonyl (C=O) groups is 2. The Morgan fingerprint density at radius 3 is 2.38 bits per heavy atom. The molecule has 2 amide bonds. The Morgan fingerprint density at radius 2 is 1.75 bits per heavy atom. The van der Waals surface area contributed by atoms with E-state index < -0.39 is 22.0 Å². The molecule has 174 valence electrons. The van der Waals surface area contributed by atoms with Crippen molar-refractivity contribution in [3.8, 4) is 0 Å². The molecule has 2 rings (SSSR count). The predicted molar refractivity (Wildman–Crippen MR) is 127 cm³/mol. The maximum absolute atomic E-state index is 12.6. The largest absolute Gasteiger partial charge is 0.468 e. The van der Waals surface area contributed by atoms with E-state index in [-0.39, 0.29) is 17.3 Å². The van der Waals surface area contributed by atoms with Crippen molar-refractivity contribution in [3.05, 3.63) is 58.1 Å². The smallest absolute Gasteiger partial charge is 0.323 e. The van der Waals surface area contributed by atoms with Gasteiger partial charge >= 0.3 is 12.0 Å². The molecule has 8 nitrogen and oxygen atoms in total. The minimum atomic E-state index is -3.86. The first kappa shape index (κ1) is 25.8. The van der Waals surface area contributed by atoms with Crippen molar-refractivity contribution in [2.75, 3.05) is 19.0 Å². The Bertz CT molecular complexity index is 1040. The standard InChI is InChI=1S/C22H28BrN3O5S/c1-15-7-10-18(11-8-15)32(29,30)26-20(21(27)31-3)6-4-5-13-24-22(28)25-19-12-9-17(23)14-16(19)2/h7-12,14,20,26H,4-6,13H2,1-3H3,(H2,24,25,28). The number of unbranched alkanes of at least 4 members (excludes halogenated alkanes) is 1. The summed E-state index contributed by atoms with van der Waals surface area (Å²) in [6.07, 6.45) is 1.31. The van der Waals surface area contributed by atoms with Crippen molar-refractivity contribution in [3.63, 3.8) is 0 Å². The van der Waals surface area contributed by atoms with Crippen LogP contribution in [0.5, 0.6) is 0 Å². The van der Waals surface area contributed by atoms with E-state index in [0.29, 0.717) is 25.1 Å². The van der Waals surface area contributed by atoms with E-state index in [1.165, 1.54) is 19.2 Å². The molecule has 0 radical (unpaired) electrons. The molecule has 0 saturated heterocycles. The second-order valence-electron chi connectivity index (χ2n) is 7.35. The summed E-state index contributed by atoms with van der Waals surface area (Å²) in [5, 5.41) is 5.53. The highest BCUT2D eigenvalue weighted by Gasteiger charge is 2.26. The van der Waals surface area contributed by atoms with Crippen LogP contribution >= 0.6 is 15.9 Å². The van der Waals surface area contributed by atoms with Gasteiger partial charge in [-0.25, -0.2) is 13.2 Å². The first-order chi connectivity index (χ1) is 15.1. The van der Waals surface area contributed by atoms with E-state index in [1.54, 1.807) is 18.2 Å². The highest BCUT2D eigenvalue weighted by Crippen LogP contribution is 2.20. The van der Waals surface area contributed by atoms with Gasteiger partial charge in [0, 0.05) is 16.7 Å². The average Bonchev–Trinajstić information content (AvgIpc) is 2.74. The number of sulfonamides is 1. The molecule has 0 spiro atoms. The maximum Gasteiger partial charge on any atom is 0.323 e. The molecule has 0 aliphatic heterocycles. The summed E-state index contributed by atoms with van der Waals surface area (Å²) >= 11 is 3.38. The number of esters is 1. The zero-order valence-electron chi connectivity index (χ0n) is 18.3. The summed E-state index contributed by atoms with van der Waals surface area (Å²) < 4.78 is 33.3. The minimum absolute atomic E-state index is 0.0820. The number of amides is 2. The molecule has 0 aliphatic rings. The molecular weight excluding hydrogens is 498 g/mol. The molecule has 0 saturated carbocycles. The van der Waals surface area contributed by atoms with E-state index in [4.69, 9.17) is 4.74 Å². The first-order valence-electron chi connectivity index (χ1n) is 10.1. The van der Waals surface area contributed by atoms with Crippen molar-refractivity contribution in [2.24, 2.45) is 0 Å². The van der Waals surface area contributed by atoms with Gasteiger partial charge in [0.05, 0.1) is 12.0 Å². The van der Waals surface area contributed by atoms with Gasteiger partial charge in [-0.1, -0.05) is 33.6 Å². The van der Waals surface area contributed by atoms with Gasteiger partial charge in [-0.3, -0.25) is 4.79 Å². The number of aryl methyl sites for hydroxylation is 2. The predicted octanol–water partition coefficient (Wildman–Crippen LogP) is 3.88. The lowest BCUT2D eigenvalue weighted by atomic mass is 10.1.